The van der Waals surface area contributed by atoms with E-state index in [9.17, 15) is 0 Å². The third-order valence-corrected chi connectivity index (χ3v) is 7.17. The van der Waals surface area contributed by atoms with Crippen LogP contribution in [0.1, 0.15) is 0 Å². The summed E-state index contributed by atoms with van der Waals surface area (Å²) in [4.78, 5) is 0. The van der Waals surface area contributed by atoms with Gasteiger partial charge in [0.05, 0.1) is 3.17 Å². The summed E-state index contributed by atoms with van der Waals surface area (Å²) in [5, 5.41) is 0. The van der Waals surface area contributed by atoms with E-state index in [4.69, 9.17) is 34.8 Å². The Kier molecular flexibility index (Phi) is 17.2. The minimum absolute atomic E-state index is 0.0895. The highest BCUT2D eigenvalue weighted by Crippen LogP contribution is 2.29. The van der Waals surface area contributed by atoms with E-state index in [2.05, 4.69) is 90.4 Å². The quantitative estimate of drug-likeness (QED) is 0.265. The van der Waals surface area contributed by atoms with Gasteiger partial charge in [0.2, 0.25) is 0 Å². The zero-order valence-corrected chi connectivity index (χ0v) is 15.6. The fraction of sp³-hybridized carbons (Fsp3) is 0. The maximum Gasteiger partial charge on any atom is 0.118 e. The lowest BCUT2D eigenvalue weighted by molar-refractivity contribution is 2.36. The number of hydrogen-bond donors (Lipinski definition) is 0. The second-order valence-corrected chi connectivity index (χ2v) is 10.6. The van der Waals surface area contributed by atoms with Crippen LogP contribution in [0.2, 0.25) is 0 Å². The first kappa shape index (κ1) is 16.7. The van der Waals surface area contributed by atoms with E-state index in [-0.39, 0.29) is 4.49 Å². The molecule has 0 aliphatic rings. The summed E-state index contributed by atoms with van der Waals surface area (Å²) in [6.45, 7) is 0. The van der Waals surface area contributed by atoms with E-state index in [1.54, 1.807) is 0 Å². The molecule has 0 amide bonds. The SMILES string of the molecule is ClC=C(Cl)Cl.IC(I)=C(I)I. The lowest BCUT2D eigenvalue weighted by atomic mass is 11.2. The van der Waals surface area contributed by atoms with Gasteiger partial charge >= 0.3 is 0 Å². The van der Waals surface area contributed by atoms with Gasteiger partial charge in [0.15, 0.2) is 0 Å². The predicted molar refractivity (Wildman–Crippen MR) is 88.7 cm³/mol. The molecule has 0 saturated carbocycles. The summed E-state index contributed by atoms with van der Waals surface area (Å²) in [5.41, 5.74) is 1.09. The van der Waals surface area contributed by atoms with Crippen molar-refractivity contribution in [3.63, 3.8) is 0 Å². The molecule has 0 aliphatic carbocycles. The summed E-state index contributed by atoms with van der Waals surface area (Å²) in [6, 6.07) is 0. The first-order valence-electron chi connectivity index (χ1n) is 1.89. The highest BCUT2D eigenvalue weighted by atomic mass is 127. The minimum Gasteiger partial charge on any atom is -0.0904 e. The van der Waals surface area contributed by atoms with Crippen LogP contribution in [0.15, 0.2) is 13.2 Å². The van der Waals surface area contributed by atoms with Crippen LogP contribution in [0, 0.1) is 0 Å². The first-order chi connectivity index (χ1) is 4.91. The average Bonchev–Trinajstić information content (AvgIpc) is 1.89. The molecule has 0 aromatic rings. The zero-order valence-electron chi connectivity index (χ0n) is 4.72. The summed E-state index contributed by atoms with van der Waals surface area (Å²) in [5.74, 6) is 0. The number of hydrogen-bond acceptors (Lipinski definition) is 0. The molecule has 0 nitrogen and oxygen atoms in total. The molecule has 0 N–H and O–H groups in total. The lowest BCUT2D eigenvalue weighted by Gasteiger charge is -1.78. The van der Waals surface area contributed by atoms with Gasteiger partial charge in [-0.1, -0.05) is 34.8 Å². The average molecular weight is 663 g/mol. The van der Waals surface area contributed by atoms with Gasteiger partial charge in [-0.3, -0.25) is 0 Å². The van der Waals surface area contributed by atoms with Crippen LogP contribution in [-0.2, 0) is 0 Å². The predicted octanol–water partition coefficient (Wildman–Crippen LogP) is 6.35. The molecule has 0 spiro atoms. The Balaban J connectivity index is 0. The van der Waals surface area contributed by atoms with Crippen LogP contribution < -0.4 is 0 Å². The van der Waals surface area contributed by atoms with E-state index < -0.39 is 0 Å². The monoisotopic (exact) mass is 662 g/mol. The fourth-order valence-corrected chi connectivity index (χ4v) is 0. The maximum atomic E-state index is 4.96. The van der Waals surface area contributed by atoms with Crippen LogP contribution in [0.3, 0.4) is 0 Å². The molecular weight excluding hydrogens is 662 g/mol. The van der Waals surface area contributed by atoms with Crippen molar-refractivity contribution in [3.8, 4) is 0 Å². The molecule has 0 bridgehead atoms. The van der Waals surface area contributed by atoms with Crippen molar-refractivity contribution in [2.75, 3.05) is 0 Å². The molecule has 0 aromatic heterocycles. The van der Waals surface area contributed by atoms with E-state index in [0.29, 0.717) is 0 Å². The minimum atomic E-state index is 0.0895. The Morgan fingerprint density at radius 1 is 0.909 bits per heavy atom. The maximum absolute atomic E-state index is 4.96. The molecule has 7 heteroatoms. The van der Waals surface area contributed by atoms with Crippen LogP contribution >= 0.6 is 125 Å². The Hall–Kier alpha value is 3.27. The normalized spacial score (nSPS) is 7.55. The van der Waals surface area contributed by atoms with Crippen LogP contribution in [0.4, 0.5) is 0 Å². The summed E-state index contributed by atoms with van der Waals surface area (Å²) in [7, 11) is 0. The molecule has 66 valence electrons. The third kappa shape index (κ3) is 19.6. The van der Waals surface area contributed by atoms with E-state index in [0.717, 1.165) is 5.54 Å². The van der Waals surface area contributed by atoms with Crippen molar-refractivity contribution < 1.29 is 0 Å². The molecule has 0 rings (SSSR count). The van der Waals surface area contributed by atoms with Crippen molar-refractivity contribution in [1.29, 1.82) is 0 Å². The van der Waals surface area contributed by atoms with Gasteiger partial charge in [0.25, 0.3) is 0 Å². The Bertz CT molecular complexity index is 143. The van der Waals surface area contributed by atoms with Gasteiger partial charge < -0.3 is 0 Å². The largest absolute Gasteiger partial charge is 0.118 e. The third-order valence-electron chi connectivity index (χ3n) is 0.225. The molecule has 0 radical (unpaired) electrons. The van der Waals surface area contributed by atoms with Gasteiger partial charge in [-0.25, -0.2) is 0 Å². The second-order valence-electron chi connectivity index (χ2n) is 0.920. The fourth-order valence-electron chi connectivity index (χ4n) is 0. The van der Waals surface area contributed by atoms with Crippen molar-refractivity contribution in [3.05, 3.63) is 13.2 Å². The highest BCUT2D eigenvalue weighted by Gasteiger charge is 1.85. The lowest BCUT2D eigenvalue weighted by Crippen LogP contribution is -1.42. The van der Waals surface area contributed by atoms with Crippen LogP contribution in [-0.4, -0.2) is 0 Å². The van der Waals surface area contributed by atoms with Crippen LogP contribution in [0.25, 0.3) is 0 Å². The van der Waals surface area contributed by atoms with E-state index in [1.807, 2.05) is 0 Å². The Morgan fingerprint density at radius 2 is 1.09 bits per heavy atom. The Labute approximate surface area is 135 Å². The number of rotatable bonds is 0. The zero-order chi connectivity index (χ0) is 9.44. The molecule has 0 atom stereocenters. The molecule has 0 aromatic carbocycles. The van der Waals surface area contributed by atoms with Crippen molar-refractivity contribution in [2.24, 2.45) is 0 Å². The van der Waals surface area contributed by atoms with E-state index in [1.165, 1.54) is 3.17 Å². The standard InChI is InChI=1S/C2HCl3.C2I4/c3-1-2(4)5;3-1(4)2(5)6/h1H;. The molecular formula is C4HCl3I4. The topological polar surface area (TPSA) is 0 Å². The van der Waals surface area contributed by atoms with Crippen LogP contribution in [0.5, 0.6) is 0 Å². The summed E-state index contributed by atoms with van der Waals surface area (Å²) in [6.07, 6.45) is 0. The first-order valence-corrected chi connectivity index (χ1v) is 7.40. The molecule has 11 heavy (non-hydrogen) atoms. The summed E-state index contributed by atoms with van der Waals surface area (Å²) >= 11 is 24.0. The molecule has 0 saturated heterocycles. The number of halogens is 7. The van der Waals surface area contributed by atoms with Gasteiger partial charge in [-0.05, 0) is 90.4 Å². The molecule has 0 heterocycles. The second kappa shape index (κ2) is 11.3. The molecule has 0 unspecified atom stereocenters. The van der Waals surface area contributed by atoms with Gasteiger partial charge in [-0.2, -0.15) is 0 Å². The van der Waals surface area contributed by atoms with Gasteiger partial charge in [-0.15, -0.1) is 0 Å². The highest BCUT2D eigenvalue weighted by molar-refractivity contribution is 14.2. The van der Waals surface area contributed by atoms with Crippen molar-refractivity contribution in [2.45, 2.75) is 0 Å². The van der Waals surface area contributed by atoms with Gasteiger partial charge in [0, 0.05) is 5.54 Å². The van der Waals surface area contributed by atoms with Crippen molar-refractivity contribution in [1.82, 2.24) is 0 Å². The van der Waals surface area contributed by atoms with Gasteiger partial charge in [0.1, 0.15) is 4.49 Å². The van der Waals surface area contributed by atoms with E-state index >= 15 is 0 Å². The molecule has 0 fully saturated rings. The van der Waals surface area contributed by atoms with Crippen molar-refractivity contribution >= 4 is 125 Å². The summed E-state index contributed by atoms with van der Waals surface area (Å²) < 4.78 is 2.77. The smallest absolute Gasteiger partial charge is 0.0904 e. The Morgan fingerprint density at radius 3 is 1.09 bits per heavy atom. The molecule has 0 aliphatic heterocycles.